The van der Waals surface area contributed by atoms with Crippen LogP contribution in [0.4, 0.5) is 0 Å². The van der Waals surface area contributed by atoms with Crippen LogP contribution in [0, 0.1) is 0 Å². The summed E-state index contributed by atoms with van der Waals surface area (Å²) in [5.41, 5.74) is 0.733. The predicted octanol–water partition coefficient (Wildman–Crippen LogP) is 2.96. The lowest BCUT2D eigenvalue weighted by Crippen LogP contribution is -2.29. The number of ether oxygens (including phenoxy) is 2. The Bertz CT molecular complexity index is 715. The molecular formula is C16H18BrNO4S. The zero-order valence-electron chi connectivity index (χ0n) is 12.7. The van der Waals surface area contributed by atoms with Crippen molar-refractivity contribution in [3.63, 3.8) is 0 Å². The van der Waals surface area contributed by atoms with Gasteiger partial charge in [0.05, 0.1) is 12.9 Å². The molecule has 2 rings (SSSR count). The normalized spacial score (nSPS) is 11.2. The molecule has 23 heavy (non-hydrogen) atoms. The van der Waals surface area contributed by atoms with Gasteiger partial charge in [0.2, 0.25) is 10.0 Å². The third kappa shape index (κ3) is 6.21. The molecule has 0 saturated heterocycles. The molecule has 0 aliphatic rings. The van der Waals surface area contributed by atoms with Gasteiger partial charge in [-0.05, 0) is 42.0 Å². The molecule has 124 valence electrons. The van der Waals surface area contributed by atoms with Gasteiger partial charge in [0.1, 0.15) is 18.1 Å². The number of sulfonamides is 1. The summed E-state index contributed by atoms with van der Waals surface area (Å²) in [5, 5.41) is 0. The van der Waals surface area contributed by atoms with Crippen molar-refractivity contribution in [2.75, 3.05) is 20.3 Å². The molecule has 7 heteroatoms. The summed E-state index contributed by atoms with van der Waals surface area (Å²) in [6.07, 6.45) is 0. The summed E-state index contributed by atoms with van der Waals surface area (Å²) >= 11 is 3.32. The van der Waals surface area contributed by atoms with Crippen molar-refractivity contribution < 1.29 is 17.9 Å². The number of hydrogen-bond donors (Lipinski definition) is 1. The van der Waals surface area contributed by atoms with Crippen LogP contribution in [-0.4, -0.2) is 28.7 Å². The Morgan fingerprint density at radius 2 is 1.61 bits per heavy atom. The van der Waals surface area contributed by atoms with Crippen LogP contribution in [0.15, 0.2) is 53.0 Å². The fourth-order valence-electron chi connectivity index (χ4n) is 1.89. The minimum absolute atomic E-state index is 0.0528. The monoisotopic (exact) mass is 399 g/mol. The average Bonchev–Trinajstić information content (AvgIpc) is 2.54. The molecule has 0 aromatic heterocycles. The van der Waals surface area contributed by atoms with Gasteiger partial charge in [-0.15, -0.1) is 0 Å². The van der Waals surface area contributed by atoms with Crippen LogP contribution in [0.25, 0.3) is 0 Å². The molecule has 5 nitrogen and oxygen atoms in total. The van der Waals surface area contributed by atoms with Gasteiger partial charge in [0.15, 0.2) is 0 Å². The number of hydrogen-bond acceptors (Lipinski definition) is 4. The van der Waals surface area contributed by atoms with Crippen LogP contribution in [0.5, 0.6) is 11.5 Å². The first-order valence-corrected chi connectivity index (χ1v) is 9.42. The van der Waals surface area contributed by atoms with E-state index < -0.39 is 10.0 Å². The third-order valence-electron chi connectivity index (χ3n) is 3.02. The van der Waals surface area contributed by atoms with Gasteiger partial charge in [-0.25, -0.2) is 13.1 Å². The molecule has 0 radical (unpaired) electrons. The Labute approximate surface area is 144 Å². The highest BCUT2D eigenvalue weighted by Gasteiger charge is 2.10. The van der Waals surface area contributed by atoms with E-state index in [0.29, 0.717) is 5.75 Å². The second kappa shape index (κ2) is 8.33. The zero-order valence-corrected chi connectivity index (χ0v) is 15.1. The van der Waals surface area contributed by atoms with Gasteiger partial charge < -0.3 is 9.47 Å². The minimum atomic E-state index is -3.38. The van der Waals surface area contributed by atoms with Crippen LogP contribution in [0.3, 0.4) is 0 Å². The van der Waals surface area contributed by atoms with Gasteiger partial charge in [-0.3, -0.25) is 0 Å². The number of benzene rings is 2. The van der Waals surface area contributed by atoms with Crippen molar-refractivity contribution in [2.24, 2.45) is 0 Å². The molecule has 2 aromatic carbocycles. The van der Waals surface area contributed by atoms with Crippen LogP contribution >= 0.6 is 15.9 Å². The van der Waals surface area contributed by atoms with Gasteiger partial charge in [-0.1, -0.05) is 28.1 Å². The Hall–Kier alpha value is -1.57. The fourth-order valence-corrected chi connectivity index (χ4v) is 3.28. The van der Waals surface area contributed by atoms with E-state index in [1.54, 1.807) is 43.5 Å². The molecule has 0 saturated carbocycles. The summed E-state index contributed by atoms with van der Waals surface area (Å²) in [6, 6.07) is 14.3. The molecular weight excluding hydrogens is 382 g/mol. The average molecular weight is 400 g/mol. The largest absolute Gasteiger partial charge is 0.497 e. The first-order chi connectivity index (χ1) is 11.0. The molecule has 0 atom stereocenters. The van der Waals surface area contributed by atoms with E-state index in [1.807, 2.05) is 12.1 Å². The molecule has 2 aromatic rings. The van der Waals surface area contributed by atoms with Gasteiger partial charge >= 0.3 is 0 Å². The highest BCUT2D eigenvalue weighted by Crippen LogP contribution is 2.16. The van der Waals surface area contributed by atoms with Crippen LogP contribution < -0.4 is 14.2 Å². The molecule has 0 amide bonds. The summed E-state index contributed by atoms with van der Waals surface area (Å²) in [6.45, 7) is 0.469. The van der Waals surface area contributed by atoms with Crippen molar-refractivity contribution in [1.82, 2.24) is 4.72 Å². The maximum absolute atomic E-state index is 12.0. The van der Waals surface area contributed by atoms with E-state index in [0.717, 1.165) is 15.8 Å². The maximum atomic E-state index is 12.0. The lowest BCUT2D eigenvalue weighted by Gasteiger charge is -2.09. The maximum Gasteiger partial charge on any atom is 0.215 e. The third-order valence-corrected chi connectivity index (χ3v) is 4.91. The predicted molar refractivity (Wildman–Crippen MR) is 93.3 cm³/mol. The van der Waals surface area contributed by atoms with Crippen molar-refractivity contribution in [3.8, 4) is 11.5 Å². The van der Waals surface area contributed by atoms with Gasteiger partial charge in [0.25, 0.3) is 0 Å². The fraction of sp³-hybridized carbons (Fsp3) is 0.250. The van der Waals surface area contributed by atoms with E-state index in [4.69, 9.17) is 9.47 Å². The van der Waals surface area contributed by atoms with Crippen molar-refractivity contribution in [2.45, 2.75) is 5.75 Å². The van der Waals surface area contributed by atoms with E-state index in [-0.39, 0.29) is 18.9 Å². The highest BCUT2D eigenvalue weighted by atomic mass is 79.9. The van der Waals surface area contributed by atoms with Crippen molar-refractivity contribution in [1.29, 1.82) is 0 Å². The Morgan fingerprint density at radius 1 is 1.00 bits per heavy atom. The number of methoxy groups -OCH3 is 1. The number of nitrogens with one attached hydrogen (secondary N) is 1. The molecule has 0 aliphatic carbocycles. The van der Waals surface area contributed by atoms with E-state index in [2.05, 4.69) is 20.7 Å². The second-order valence-electron chi connectivity index (χ2n) is 4.80. The SMILES string of the molecule is COc1ccc(OCCNS(=O)(=O)Cc2ccc(Br)cc2)cc1. The highest BCUT2D eigenvalue weighted by molar-refractivity contribution is 9.10. The minimum Gasteiger partial charge on any atom is -0.497 e. The van der Waals surface area contributed by atoms with E-state index >= 15 is 0 Å². The zero-order chi connectivity index (χ0) is 16.7. The molecule has 0 aliphatic heterocycles. The number of rotatable bonds is 8. The van der Waals surface area contributed by atoms with Crippen LogP contribution in [0.1, 0.15) is 5.56 Å². The summed E-state index contributed by atoms with van der Waals surface area (Å²) in [4.78, 5) is 0. The van der Waals surface area contributed by atoms with Crippen LogP contribution in [-0.2, 0) is 15.8 Å². The Balaban J connectivity index is 1.76. The van der Waals surface area contributed by atoms with E-state index in [1.165, 1.54) is 0 Å². The lowest BCUT2D eigenvalue weighted by atomic mass is 10.2. The summed E-state index contributed by atoms with van der Waals surface area (Å²) in [5.74, 6) is 1.36. The molecule has 0 heterocycles. The lowest BCUT2D eigenvalue weighted by molar-refractivity contribution is 0.322. The standard InChI is InChI=1S/C16H18BrNO4S/c1-21-15-6-8-16(9-7-15)22-11-10-18-23(19,20)12-13-2-4-14(17)5-3-13/h2-9,18H,10-12H2,1H3. The molecule has 0 fully saturated rings. The second-order valence-corrected chi connectivity index (χ2v) is 7.53. The first-order valence-electron chi connectivity index (χ1n) is 6.97. The van der Waals surface area contributed by atoms with Crippen molar-refractivity contribution >= 4 is 26.0 Å². The molecule has 1 N–H and O–H groups in total. The number of halogens is 1. The van der Waals surface area contributed by atoms with E-state index in [9.17, 15) is 8.42 Å². The topological polar surface area (TPSA) is 64.6 Å². The molecule has 0 bridgehead atoms. The van der Waals surface area contributed by atoms with Gasteiger partial charge in [0, 0.05) is 11.0 Å². The van der Waals surface area contributed by atoms with Gasteiger partial charge in [-0.2, -0.15) is 0 Å². The Kier molecular flexibility index (Phi) is 6.44. The molecule has 0 unspecified atom stereocenters. The quantitative estimate of drug-likeness (QED) is 0.692. The first kappa shape index (κ1) is 17.8. The molecule has 0 spiro atoms. The summed E-state index contributed by atoms with van der Waals surface area (Å²) in [7, 11) is -1.78. The van der Waals surface area contributed by atoms with Crippen LogP contribution in [0.2, 0.25) is 0 Å². The smallest absolute Gasteiger partial charge is 0.215 e. The Morgan fingerprint density at radius 3 is 2.22 bits per heavy atom. The summed E-state index contributed by atoms with van der Waals surface area (Å²) < 4.78 is 37.9. The van der Waals surface area contributed by atoms with Crippen molar-refractivity contribution in [3.05, 3.63) is 58.6 Å².